The van der Waals surface area contributed by atoms with E-state index in [0.717, 1.165) is 18.7 Å². The van der Waals surface area contributed by atoms with E-state index in [1.165, 1.54) is 11.3 Å². The smallest absolute Gasteiger partial charge is 0.117 e. The molecule has 1 aliphatic rings. The highest BCUT2D eigenvalue weighted by Crippen LogP contribution is 2.27. The summed E-state index contributed by atoms with van der Waals surface area (Å²) in [5.41, 5.74) is 3.49. The van der Waals surface area contributed by atoms with Gasteiger partial charge in [-0.15, -0.1) is 0 Å². The van der Waals surface area contributed by atoms with Gasteiger partial charge in [-0.2, -0.15) is 0 Å². The summed E-state index contributed by atoms with van der Waals surface area (Å²) in [6.45, 7) is 1.45. The van der Waals surface area contributed by atoms with Crippen molar-refractivity contribution in [2.24, 2.45) is 0 Å². The van der Waals surface area contributed by atoms with E-state index >= 15 is 0 Å². The van der Waals surface area contributed by atoms with Crippen LogP contribution < -0.4 is 5.06 Å². The lowest BCUT2D eigenvalue weighted by Crippen LogP contribution is -2.20. The highest BCUT2D eigenvalue weighted by Gasteiger charge is 2.18. The molecule has 0 amide bonds. The van der Waals surface area contributed by atoms with E-state index < -0.39 is 0 Å². The van der Waals surface area contributed by atoms with E-state index in [1.54, 1.807) is 6.20 Å². The lowest BCUT2D eigenvalue weighted by Gasteiger charge is -2.18. The molecule has 0 bridgehead atoms. The number of para-hydroxylation sites is 1. The van der Waals surface area contributed by atoms with E-state index in [-0.39, 0.29) is 0 Å². The maximum absolute atomic E-state index is 5.79. The number of hydrogen-bond donors (Lipinski definition) is 0. The molecule has 0 radical (unpaired) electrons. The summed E-state index contributed by atoms with van der Waals surface area (Å²) in [5, 5.41) is 1.96. The van der Waals surface area contributed by atoms with Gasteiger partial charge in [0.1, 0.15) is 6.61 Å². The Morgan fingerprint density at radius 2 is 2.00 bits per heavy atom. The van der Waals surface area contributed by atoms with Crippen LogP contribution in [0.2, 0.25) is 0 Å². The molecule has 86 valence electrons. The standard InChI is InChI=1S/C14H14N2O/c1-2-7-14-12(5-1)8-10-16(14)17-11-13-6-3-4-9-15-13/h1-7,9H,8,10-11H2. The highest BCUT2D eigenvalue weighted by molar-refractivity contribution is 5.55. The molecule has 3 heteroatoms. The maximum atomic E-state index is 5.79. The number of nitrogens with zero attached hydrogens (tertiary/aromatic N) is 2. The summed E-state index contributed by atoms with van der Waals surface area (Å²) in [5.74, 6) is 0. The molecule has 2 heterocycles. The van der Waals surface area contributed by atoms with Gasteiger partial charge >= 0.3 is 0 Å². The van der Waals surface area contributed by atoms with E-state index in [1.807, 2.05) is 29.3 Å². The van der Waals surface area contributed by atoms with Crippen molar-refractivity contribution in [3.63, 3.8) is 0 Å². The van der Waals surface area contributed by atoms with Crippen LogP contribution in [0.5, 0.6) is 0 Å². The third kappa shape index (κ3) is 2.15. The molecule has 0 spiro atoms. The second kappa shape index (κ2) is 4.55. The molecule has 1 aromatic heterocycles. The van der Waals surface area contributed by atoms with Gasteiger partial charge in [-0.3, -0.25) is 14.9 Å². The molecule has 0 unspecified atom stereocenters. The number of fused-ring (bicyclic) bond motifs is 1. The van der Waals surface area contributed by atoms with Crippen LogP contribution >= 0.6 is 0 Å². The molecule has 2 aromatic rings. The van der Waals surface area contributed by atoms with Gasteiger partial charge in [-0.25, -0.2) is 0 Å². The zero-order valence-corrected chi connectivity index (χ0v) is 9.54. The fourth-order valence-corrected chi connectivity index (χ4v) is 2.07. The van der Waals surface area contributed by atoms with Gasteiger partial charge in [0.15, 0.2) is 0 Å². The summed E-state index contributed by atoms with van der Waals surface area (Å²) in [6, 6.07) is 14.2. The largest absolute Gasteiger partial charge is 0.267 e. The predicted molar refractivity (Wildman–Crippen MR) is 66.5 cm³/mol. The van der Waals surface area contributed by atoms with E-state index in [0.29, 0.717) is 6.61 Å². The minimum Gasteiger partial charge on any atom is -0.267 e. The molecule has 17 heavy (non-hydrogen) atoms. The van der Waals surface area contributed by atoms with Crippen LogP contribution in [0.3, 0.4) is 0 Å². The number of benzene rings is 1. The van der Waals surface area contributed by atoms with Crippen molar-refractivity contribution in [1.29, 1.82) is 0 Å². The number of aromatic nitrogens is 1. The van der Waals surface area contributed by atoms with Crippen LogP contribution in [0.15, 0.2) is 48.7 Å². The first kappa shape index (κ1) is 10.3. The Balaban J connectivity index is 1.68. The molecule has 0 atom stereocenters. The average Bonchev–Trinajstić information content (AvgIpc) is 2.81. The van der Waals surface area contributed by atoms with Crippen molar-refractivity contribution < 1.29 is 4.84 Å². The molecule has 0 N–H and O–H groups in total. The van der Waals surface area contributed by atoms with Gasteiger partial charge in [0.25, 0.3) is 0 Å². The van der Waals surface area contributed by atoms with E-state index in [4.69, 9.17) is 4.84 Å². The summed E-state index contributed by atoms with van der Waals surface area (Å²) in [4.78, 5) is 10.0. The maximum Gasteiger partial charge on any atom is 0.117 e. The topological polar surface area (TPSA) is 25.4 Å². The summed E-state index contributed by atoms with van der Waals surface area (Å²) >= 11 is 0. The first-order valence-electron chi connectivity index (χ1n) is 5.82. The van der Waals surface area contributed by atoms with Crippen LogP contribution in [0, 0.1) is 0 Å². The highest BCUT2D eigenvalue weighted by atomic mass is 16.7. The first-order chi connectivity index (χ1) is 8.43. The monoisotopic (exact) mass is 226 g/mol. The summed E-state index contributed by atoms with van der Waals surface area (Å²) in [7, 11) is 0. The van der Waals surface area contributed by atoms with Gasteiger partial charge in [-0.1, -0.05) is 24.3 Å². The molecule has 0 saturated heterocycles. The van der Waals surface area contributed by atoms with Crippen molar-refractivity contribution in [2.45, 2.75) is 13.0 Å². The van der Waals surface area contributed by atoms with Crippen LogP contribution in [-0.2, 0) is 17.9 Å². The third-order valence-electron chi connectivity index (χ3n) is 2.94. The van der Waals surface area contributed by atoms with Crippen molar-refractivity contribution in [3.8, 4) is 0 Å². The lowest BCUT2D eigenvalue weighted by molar-refractivity contribution is 0.0973. The zero-order chi connectivity index (χ0) is 11.5. The second-order valence-corrected chi connectivity index (χ2v) is 4.08. The fraction of sp³-hybridized carbons (Fsp3) is 0.214. The third-order valence-corrected chi connectivity index (χ3v) is 2.94. The van der Waals surface area contributed by atoms with Gasteiger partial charge in [0.2, 0.25) is 0 Å². The molecule has 1 aromatic carbocycles. The number of rotatable bonds is 3. The predicted octanol–water partition coefficient (Wildman–Crippen LogP) is 2.58. The summed E-state index contributed by atoms with van der Waals surface area (Å²) < 4.78 is 0. The molecule has 0 aliphatic carbocycles. The lowest BCUT2D eigenvalue weighted by atomic mass is 10.2. The van der Waals surface area contributed by atoms with Crippen LogP contribution in [0.25, 0.3) is 0 Å². The van der Waals surface area contributed by atoms with Crippen molar-refractivity contribution in [3.05, 3.63) is 59.9 Å². The molecule has 3 rings (SSSR count). The Kier molecular flexibility index (Phi) is 2.76. The normalized spacial score (nSPS) is 13.8. The first-order valence-corrected chi connectivity index (χ1v) is 5.82. The molecular weight excluding hydrogens is 212 g/mol. The fourth-order valence-electron chi connectivity index (χ4n) is 2.07. The minimum atomic E-state index is 0.523. The quantitative estimate of drug-likeness (QED) is 0.804. The van der Waals surface area contributed by atoms with Crippen LogP contribution in [0.4, 0.5) is 5.69 Å². The Bertz CT molecular complexity index is 499. The number of hydrogen-bond acceptors (Lipinski definition) is 3. The van der Waals surface area contributed by atoms with Crippen LogP contribution in [0.1, 0.15) is 11.3 Å². The molecule has 3 nitrogen and oxygen atoms in total. The van der Waals surface area contributed by atoms with Gasteiger partial charge in [0.05, 0.1) is 11.4 Å². The Morgan fingerprint density at radius 3 is 2.88 bits per heavy atom. The van der Waals surface area contributed by atoms with E-state index in [2.05, 4.69) is 23.2 Å². The minimum absolute atomic E-state index is 0.523. The van der Waals surface area contributed by atoms with Gasteiger partial charge in [0, 0.05) is 12.7 Å². The molecule has 0 fully saturated rings. The van der Waals surface area contributed by atoms with Crippen molar-refractivity contribution >= 4 is 5.69 Å². The zero-order valence-electron chi connectivity index (χ0n) is 9.54. The van der Waals surface area contributed by atoms with E-state index in [9.17, 15) is 0 Å². The van der Waals surface area contributed by atoms with Crippen LogP contribution in [-0.4, -0.2) is 11.5 Å². The number of hydroxylamine groups is 1. The van der Waals surface area contributed by atoms with Gasteiger partial charge < -0.3 is 0 Å². The molecule has 1 aliphatic heterocycles. The summed E-state index contributed by atoms with van der Waals surface area (Å²) in [6.07, 6.45) is 2.84. The Labute approximate surface area is 101 Å². The van der Waals surface area contributed by atoms with Crippen molar-refractivity contribution in [1.82, 2.24) is 4.98 Å². The average molecular weight is 226 g/mol. The number of pyridine rings is 1. The Hall–Kier alpha value is -1.87. The van der Waals surface area contributed by atoms with Crippen molar-refractivity contribution in [2.75, 3.05) is 11.6 Å². The Morgan fingerprint density at radius 1 is 1.12 bits per heavy atom. The molecule has 0 saturated carbocycles. The molecular formula is C14H14N2O. The SMILES string of the molecule is c1ccc(CON2CCc3ccccc32)nc1. The van der Waals surface area contributed by atoms with Gasteiger partial charge in [-0.05, 0) is 30.2 Å². The number of anilines is 1. The second-order valence-electron chi connectivity index (χ2n) is 4.08.